The smallest absolute Gasteiger partial charge is 0.272 e. The van der Waals surface area contributed by atoms with Crippen LogP contribution in [0.3, 0.4) is 0 Å². The van der Waals surface area contributed by atoms with Crippen LogP contribution in [0.5, 0.6) is 0 Å². The van der Waals surface area contributed by atoms with Gasteiger partial charge in [0.25, 0.3) is 5.91 Å². The predicted octanol–water partition coefficient (Wildman–Crippen LogP) is 3.09. The molecule has 1 aromatic carbocycles. The Hall–Kier alpha value is -3.06. The lowest BCUT2D eigenvalue weighted by atomic mass is 10.2. The van der Waals surface area contributed by atoms with E-state index < -0.39 is 0 Å². The molecule has 0 unspecified atom stereocenters. The standard InChI is InChI=1S/C20H19ClN4O3/c1-14(26)23-8-10-24(11-9-23)20(27)18-13-16(19-7-4-12-28-19)22-25(18)17-6-3-2-5-15(17)21/h2-7,12-13H,8-11H2,1H3. The monoisotopic (exact) mass is 398 g/mol. The van der Waals surface area contributed by atoms with E-state index in [-0.39, 0.29) is 11.8 Å². The number of hydrogen-bond donors (Lipinski definition) is 0. The molecule has 0 atom stereocenters. The Kier molecular flexibility index (Phi) is 4.92. The topological polar surface area (TPSA) is 71.6 Å². The fourth-order valence-electron chi connectivity index (χ4n) is 3.27. The number of rotatable bonds is 3. The van der Waals surface area contributed by atoms with Crippen LogP contribution in [0, 0.1) is 0 Å². The van der Waals surface area contributed by atoms with Crippen LogP contribution in [0.1, 0.15) is 17.4 Å². The summed E-state index contributed by atoms with van der Waals surface area (Å²) in [5.74, 6) is 0.433. The quantitative estimate of drug-likeness (QED) is 0.679. The van der Waals surface area contributed by atoms with Crippen molar-refractivity contribution >= 4 is 23.4 Å². The molecular formula is C20H19ClN4O3. The minimum atomic E-state index is -0.159. The Morgan fingerprint density at radius 1 is 1.04 bits per heavy atom. The molecule has 7 nitrogen and oxygen atoms in total. The molecule has 3 heterocycles. The summed E-state index contributed by atoms with van der Waals surface area (Å²) in [6.07, 6.45) is 1.56. The van der Waals surface area contributed by atoms with Crippen LogP contribution in [0.25, 0.3) is 17.1 Å². The molecule has 0 bridgehead atoms. The molecule has 1 fully saturated rings. The number of para-hydroxylation sites is 1. The highest BCUT2D eigenvalue weighted by molar-refractivity contribution is 6.32. The summed E-state index contributed by atoms with van der Waals surface area (Å²) in [5.41, 5.74) is 1.57. The first-order valence-corrected chi connectivity index (χ1v) is 9.36. The Morgan fingerprint density at radius 3 is 2.39 bits per heavy atom. The molecule has 1 aliphatic heterocycles. The highest BCUT2D eigenvalue weighted by Gasteiger charge is 2.27. The van der Waals surface area contributed by atoms with Gasteiger partial charge in [-0.1, -0.05) is 23.7 Å². The van der Waals surface area contributed by atoms with Crippen LogP contribution in [0.15, 0.2) is 53.1 Å². The summed E-state index contributed by atoms with van der Waals surface area (Å²) >= 11 is 6.36. The largest absolute Gasteiger partial charge is 0.463 e. The van der Waals surface area contributed by atoms with Gasteiger partial charge in [0.2, 0.25) is 5.91 Å². The second kappa shape index (κ2) is 7.52. The van der Waals surface area contributed by atoms with E-state index in [0.29, 0.717) is 54.0 Å². The zero-order valence-corrected chi connectivity index (χ0v) is 16.1. The number of carbonyl (C=O) groups is 2. The van der Waals surface area contributed by atoms with Crippen molar-refractivity contribution in [1.29, 1.82) is 0 Å². The maximum absolute atomic E-state index is 13.3. The minimum Gasteiger partial charge on any atom is -0.463 e. The molecule has 2 aromatic heterocycles. The number of hydrogen-bond acceptors (Lipinski definition) is 4. The van der Waals surface area contributed by atoms with Gasteiger partial charge in [-0.2, -0.15) is 5.10 Å². The molecule has 144 valence electrons. The Labute approximate surface area is 167 Å². The van der Waals surface area contributed by atoms with E-state index in [0.717, 1.165) is 0 Å². The number of carbonyl (C=O) groups excluding carboxylic acids is 2. The highest BCUT2D eigenvalue weighted by Crippen LogP contribution is 2.26. The van der Waals surface area contributed by atoms with Crippen LogP contribution in [0.2, 0.25) is 5.02 Å². The van der Waals surface area contributed by atoms with Crippen LogP contribution in [0.4, 0.5) is 0 Å². The van der Waals surface area contributed by atoms with Gasteiger partial charge in [-0.05, 0) is 24.3 Å². The van der Waals surface area contributed by atoms with Gasteiger partial charge in [-0.15, -0.1) is 0 Å². The fourth-order valence-corrected chi connectivity index (χ4v) is 3.49. The molecule has 8 heteroatoms. The molecule has 0 aliphatic carbocycles. The molecule has 0 saturated carbocycles. The summed E-state index contributed by atoms with van der Waals surface area (Å²) in [5, 5.41) is 5.06. The van der Waals surface area contributed by atoms with Crippen LogP contribution in [-0.2, 0) is 4.79 Å². The molecule has 4 rings (SSSR count). The normalized spacial score (nSPS) is 14.4. The van der Waals surface area contributed by atoms with Crippen molar-refractivity contribution in [2.24, 2.45) is 0 Å². The summed E-state index contributed by atoms with van der Waals surface area (Å²) in [7, 11) is 0. The maximum atomic E-state index is 13.3. The number of halogens is 1. The van der Waals surface area contributed by atoms with Gasteiger partial charge in [0.1, 0.15) is 11.4 Å². The van der Waals surface area contributed by atoms with Crippen molar-refractivity contribution < 1.29 is 14.0 Å². The van der Waals surface area contributed by atoms with Crippen LogP contribution >= 0.6 is 11.6 Å². The fraction of sp³-hybridized carbons (Fsp3) is 0.250. The number of amides is 2. The summed E-state index contributed by atoms with van der Waals surface area (Å²) in [4.78, 5) is 28.3. The second-order valence-corrected chi connectivity index (χ2v) is 6.96. The first kappa shape index (κ1) is 18.3. The number of benzene rings is 1. The van der Waals surface area contributed by atoms with Crippen molar-refractivity contribution in [3.05, 3.63) is 59.4 Å². The zero-order chi connectivity index (χ0) is 19.7. The van der Waals surface area contributed by atoms with Crippen molar-refractivity contribution in [3.63, 3.8) is 0 Å². The van der Waals surface area contributed by atoms with Gasteiger partial charge in [0.15, 0.2) is 5.76 Å². The first-order chi connectivity index (χ1) is 13.5. The van der Waals surface area contributed by atoms with E-state index in [4.69, 9.17) is 16.0 Å². The molecule has 0 radical (unpaired) electrons. The maximum Gasteiger partial charge on any atom is 0.272 e. The van der Waals surface area contributed by atoms with E-state index in [2.05, 4.69) is 5.10 Å². The molecule has 0 N–H and O–H groups in total. The minimum absolute atomic E-state index is 0.0216. The lowest BCUT2D eigenvalue weighted by Crippen LogP contribution is -2.50. The lowest BCUT2D eigenvalue weighted by molar-refractivity contribution is -0.130. The molecule has 1 aliphatic rings. The predicted molar refractivity (Wildman–Crippen MR) is 104 cm³/mol. The average Bonchev–Trinajstić information content (AvgIpc) is 3.38. The third-order valence-corrected chi connectivity index (χ3v) is 5.11. The molecule has 1 saturated heterocycles. The highest BCUT2D eigenvalue weighted by atomic mass is 35.5. The SMILES string of the molecule is CC(=O)N1CCN(C(=O)c2cc(-c3ccco3)nn2-c2ccccc2Cl)CC1. The number of nitrogens with zero attached hydrogens (tertiary/aromatic N) is 4. The average molecular weight is 399 g/mol. The molecule has 0 spiro atoms. The van der Waals surface area contributed by atoms with Gasteiger partial charge in [0, 0.05) is 39.2 Å². The van der Waals surface area contributed by atoms with Crippen molar-refractivity contribution in [2.45, 2.75) is 6.92 Å². The third-order valence-electron chi connectivity index (χ3n) is 4.79. The Balaban J connectivity index is 1.70. The second-order valence-electron chi connectivity index (χ2n) is 6.55. The summed E-state index contributed by atoms with van der Waals surface area (Å²) in [6.45, 7) is 3.53. The van der Waals surface area contributed by atoms with E-state index in [1.807, 2.05) is 18.2 Å². The van der Waals surface area contributed by atoms with Gasteiger partial charge in [0.05, 0.1) is 17.0 Å². The lowest BCUT2D eigenvalue weighted by Gasteiger charge is -2.34. The number of aromatic nitrogens is 2. The van der Waals surface area contributed by atoms with E-state index in [9.17, 15) is 9.59 Å². The first-order valence-electron chi connectivity index (χ1n) is 8.98. The molecule has 28 heavy (non-hydrogen) atoms. The summed E-state index contributed by atoms with van der Waals surface area (Å²) < 4.78 is 7.00. The molecular weight excluding hydrogens is 380 g/mol. The van der Waals surface area contributed by atoms with E-state index >= 15 is 0 Å². The zero-order valence-electron chi connectivity index (χ0n) is 15.3. The van der Waals surface area contributed by atoms with Crippen LogP contribution < -0.4 is 0 Å². The number of furan rings is 1. The van der Waals surface area contributed by atoms with E-state index in [1.165, 1.54) is 0 Å². The molecule has 2 amide bonds. The van der Waals surface area contributed by atoms with Gasteiger partial charge in [-0.3, -0.25) is 9.59 Å². The van der Waals surface area contributed by atoms with Gasteiger partial charge >= 0.3 is 0 Å². The Morgan fingerprint density at radius 2 is 1.75 bits per heavy atom. The van der Waals surface area contributed by atoms with Gasteiger partial charge in [-0.25, -0.2) is 4.68 Å². The van der Waals surface area contributed by atoms with Crippen molar-refractivity contribution in [2.75, 3.05) is 26.2 Å². The van der Waals surface area contributed by atoms with Crippen molar-refractivity contribution in [3.8, 4) is 17.1 Å². The third kappa shape index (κ3) is 3.41. The number of piperazine rings is 1. The molecule has 3 aromatic rings. The van der Waals surface area contributed by atoms with Crippen molar-refractivity contribution in [1.82, 2.24) is 19.6 Å². The Bertz CT molecular complexity index is 1000. The summed E-state index contributed by atoms with van der Waals surface area (Å²) in [6, 6.07) is 12.5. The van der Waals surface area contributed by atoms with E-state index in [1.54, 1.807) is 51.9 Å². The van der Waals surface area contributed by atoms with Gasteiger partial charge < -0.3 is 14.2 Å². The van der Waals surface area contributed by atoms with Crippen LogP contribution in [-0.4, -0.2) is 57.6 Å².